The average molecular weight is 328 g/mol. The van der Waals surface area contributed by atoms with Gasteiger partial charge in [0, 0.05) is 10.8 Å². The monoisotopic (exact) mass is 328 g/mol. The van der Waals surface area contributed by atoms with Gasteiger partial charge in [0.2, 0.25) is 0 Å². The number of fused-ring (bicyclic) bond motifs is 4. The van der Waals surface area contributed by atoms with Crippen molar-refractivity contribution in [3.8, 4) is 0 Å². The topological polar surface area (TPSA) is 0 Å². The first-order valence-electron chi connectivity index (χ1n) is 9.78. The molecule has 0 nitrogen and oxygen atoms in total. The van der Waals surface area contributed by atoms with Gasteiger partial charge >= 0.3 is 0 Å². The van der Waals surface area contributed by atoms with E-state index in [-0.39, 0.29) is 10.8 Å². The highest BCUT2D eigenvalue weighted by atomic mass is 14.5. The molecule has 0 N–H and O–H groups in total. The van der Waals surface area contributed by atoms with Crippen LogP contribution in [0.2, 0.25) is 0 Å². The Bertz CT molecular complexity index is 968. The highest BCUT2D eigenvalue weighted by molar-refractivity contribution is 5.92. The van der Waals surface area contributed by atoms with Gasteiger partial charge in [0.05, 0.1) is 0 Å². The molecule has 0 atom stereocenters. The molecule has 4 aliphatic carbocycles. The molecule has 0 aliphatic heterocycles. The van der Waals surface area contributed by atoms with Crippen molar-refractivity contribution in [1.29, 1.82) is 0 Å². The third kappa shape index (κ3) is 1.73. The van der Waals surface area contributed by atoms with Gasteiger partial charge in [-0.25, -0.2) is 0 Å². The van der Waals surface area contributed by atoms with Crippen molar-refractivity contribution in [2.75, 3.05) is 0 Å². The number of hydrogen-bond donors (Lipinski definition) is 0. The molecule has 0 heterocycles. The summed E-state index contributed by atoms with van der Waals surface area (Å²) >= 11 is 0. The molecule has 0 amide bonds. The lowest BCUT2D eigenvalue weighted by Crippen LogP contribution is -2.19. The van der Waals surface area contributed by atoms with E-state index in [1.54, 1.807) is 39.0 Å². The summed E-state index contributed by atoms with van der Waals surface area (Å²) in [6.07, 6.45) is 8.42. The molecule has 0 fully saturated rings. The maximum Gasteiger partial charge on any atom is 0.0155 e. The third-order valence-electron chi connectivity index (χ3n) is 7.20. The van der Waals surface area contributed by atoms with Crippen molar-refractivity contribution in [2.45, 2.75) is 71.6 Å². The van der Waals surface area contributed by atoms with E-state index in [0.29, 0.717) is 0 Å². The summed E-state index contributed by atoms with van der Waals surface area (Å²) in [5, 5.41) is 0. The quantitative estimate of drug-likeness (QED) is 0.528. The molecule has 128 valence electrons. The van der Waals surface area contributed by atoms with E-state index < -0.39 is 0 Å². The highest BCUT2D eigenvalue weighted by Gasteiger charge is 2.44. The van der Waals surface area contributed by atoms with Crippen LogP contribution in [0.3, 0.4) is 0 Å². The van der Waals surface area contributed by atoms with Crippen molar-refractivity contribution in [3.05, 3.63) is 68.8 Å². The van der Waals surface area contributed by atoms with Gasteiger partial charge in [0.15, 0.2) is 0 Å². The lowest BCUT2D eigenvalue weighted by Gasteiger charge is -2.27. The zero-order valence-electron chi connectivity index (χ0n) is 16.4. The standard InChI is InChI=1S/C25H28/c1-7-15-10-17-19-13-22-18(12-23(19)25(5,6)21(17)11-15)16-8-14(2)9-20(16)24(22,3)4/h9,11-13H,7-8,10H2,1-6H3. The zero-order valence-corrected chi connectivity index (χ0v) is 16.4. The Kier molecular flexibility index (Phi) is 2.76. The fraction of sp³-hybridized carbons (Fsp3) is 0.440. The van der Waals surface area contributed by atoms with Crippen LogP contribution >= 0.6 is 0 Å². The minimum absolute atomic E-state index is 0.143. The molecule has 25 heavy (non-hydrogen) atoms. The molecular weight excluding hydrogens is 300 g/mol. The Hall–Kier alpha value is -1.82. The smallest absolute Gasteiger partial charge is 0.0155 e. The SMILES string of the molecule is CCC1=CC2=C(C1)c1cc3c(cc1C2(C)C)C1=C(C=C(C)C1)C3(C)C. The van der Waals surface area contributed by atoms with Gasteiger partial charge in [0.25, 0.3) is 0 Å². The van der Waals surface area contributed by atoms with E-state index in [2.05, 4.69) is 65.8 Å². The number of hydrogen-bond acceptors (Lipinski definition) is 0. The average Bonchev–Trinajstić information content (AvgIpc) is 3.24. The van der Waals surface area contributed by atoms with Crippen LogP contribution in [0.25, 0.3) is 11.1 Å². The maximum absolute atomic E-state index is 2.56. The van der Waals surface area contributed by atoms with Crippen molar-refractivity contribution in [3.63, 3.8) is 0 Å². The van der Waals surface area contributed by atoms with Gasteiger partial charge in [0.1, 0.15) is 0 Å². The summed E-state index contributed by atoms with van der Waals surface area (Å²) in [5.41, 5.74) is 15.9. The summed E-state index contributed by atoms with van der Waals surface area (Å²) in [7, 11) is 0. The van der Waals surface area contributed by atoms with Crippen LogP contribution in [0.1, 0.15) is 83.1 Å². The van der Waals surface area contributed by atoms with Crippen LogP contribution in [-0.4, -0.2) is 0 Å². The van der Waals surface area contributed by atoms with Crippen LogP contribution in [0.4, 0.5) is 0 Å². The Morgan fingerprint density at radius 2 is 1.32 bits per heavy atom. The Morgan fingerprint density at radius 1 is 0.800 bits per heavy atom. The maximum atomic E-state index is 2.56. The molecule has 1 aromatic carbocycles. The van der Waals surface area contributed by atoms with Gasteiger partial charge in [-0.2, -0.15) is 0 Å². The zero-order chi connectivity index (χ0) is 17.7. The lowest BCUT2D eigenvalue weighted by molar-refractivity contribution is 0.642. The first kappa shape index (κ1) is 15.4. The number of benzene rings is 1. The van der Waals surface area contributed by atoms with Crippen LogP contribution in [0.5, 0.6) is 0 Å². The molecular formula is C25H28. The molecule has 0 saturated carbocycles. The second-order valence-corrected chi connectivity index (χ2v) is 9.48. The van der Waals surface area contributed by atoms with Crippen LogP contribution in [-0.2, 0) is 10.8 Å². The van der Waals surface area contributed by atoms with E-state index in [4.69, 9.17) is 0 Å². The molecule has 0 saturated heterocycles. The van der Waals surface area contributed by atoms with E-state index in [0.717, 1.165) is 12.8 Å². The lowest BCUT2D eigenvalue weighted by atomic mass is 9.76. The second-order valence-electron chi connectivity index (χ2n) is 9.48. The molecule has 1 aromatic rings. The fourth-order valence-electron chi connectivity index (χ4n) is 5.67. The van der Waals surface area contributed by atoms with Crippen molar-refractivity contribution >= 4 is 11.1 Å². The van der Waals surface area contributed by atoms with Crippen LogP contribution in [0, 0.1) is 0 Å². The Balaban J connectivity index is 1.72. The van der Waals surface area contributed by atoms with Crippen molar-refractivity contribution in [2.24, 2.45) is 0 Å². The van der Waals surface area contributed by atoms with Gasteiger partial charge < -0.3 is 0 Å². The predicted molar refractivity (Wildman–Crippen MR) is 108 cm³/mol. The molecule has 0 unspecified atom stereocenters. The van der Waals surface area contributed by atoms with E-state index in [1.165, 1.54) is 23.1 Å². The van der Waals surface area contributed by atoms with Gasteiger partial charge in [-0.15, -0.1) is 0 Å². The van der Waals surface area contributed by atoms with Gasteiger partial charge in [-0.05, 0) is 82.9 Å². The Morgan fingerprint density at radius 3 is 1.88 bits per heavy atom. The summed E-state index contributed by atoms with van der Waals surface area (Å²) < 4.78 is 0. The fourth-order valence-corrected chi connectivity index (χ4v) is 5.67. The van der Waals surface area contributed by atoms with E-state index >= 15 is 0 Å². The highest BCUT2D eigenvalue weighted by Crippen LogP contribution is 2.58. The predicted octanol–water partition coefficient (Wildman–Crippen LogP) is 6.87. The van der Waals surface area contributed by atoms with Crippen molar-refractivity contribution in [1.82, 2.24) is 0 Å². The molecule has 5 rings (SSSR count). The molecule has 0 bridgehead atoms. The summed E-state index contributed by atoms with van der Waals surface area (Å²) in [4.78, 5) is 0. The first-order chi connectivity index (χ1) is 11.7. The van der Waals surface area contributed by atoms with Gasteiger partial charge in [-0.3, -0.25) is 0 Å². The van der Waals surface area contributed by atoms with Crippen LogP contribution < -0.4 is 0 Å². The number of rotatable bonds is 1. The number of allylic oxidation sites excluding steroid dienone is 8. The first-order valence-corrected chi connectivity index (χ1v) is 9.78. The molecule has 0 spiro atoms. The molecule has 4 aliphatic rings. The Labute approximate surface area is 152 Å². The minimum atomic E-state index is 0.143. The summed E-state index contributed by atoms with van der Waals surface area (Å²) in [6, 6.07) is 5.11. The summed E-state index contributed by atoms with van der Waals surface area (Å²) in [5.74, 6) is 0. The minimum Gasteiger partial charge on any atom is -0.0686 e. The van der Waals surface area contributed by atoms with Crippen molar-refractivity contribution < 1.29 is 0 Å². The second kappa shape index (κ2) is 4.47. The van der Waals surface area contributed by atoms with E-state index in [9.17, 15) is 0 Å². The summed E-state index contributed by atoms with van der Waals surface area (Å²) in [6.45, 7) is 14.2. The van der Waals surface area contributed by atoms with E-state index in [1.807, 2.05) is 0 Å². The molecule has 0 heteroatoms. The van der Waals surface area contributed by atoms with Crippen LogP contribution in [0.15, 0.2) is 46.6 Å². The molecule has 0 aromatic heterocycles. The largest absolute Gasteiger partial charge is 0.0686 e. The molecule has 0 radical (unpaired) electrons. The normalized spacial score (nSPS) is 24.2. The third-order valence-corrected chi connectivity index (χ3v) is 7.20. The van der Waals surface area contributed by atoms with Gasteiger partial charge in [-0.1, -0.05) is 57.9 Å².